The van der Waals surface area contributed by atoms with Gasteiger partial charge in [-0.05, 0) is 56.2 Å². The Morgan fingerprint density at radius 1 is 1.09 bits per heavy atom. The predicted octanol–water partition coefficient (Wildman–Crippen LogP) is 3.28. The average molecular weight is 308 g/mol. The normalized spacial score (nSPS) is 14.3. The fraction of sp³-hybridized carbons (Fsp3) is 0.263. The predicted molar refractivity (Wildman–Crippen MR) is 92.0 cm³/mol. The van der Waals surface area contributed by atoms with Gasteiger partial charge in [0.1, 0.15) is 6.04 Å². The van der Waals surface area contributed by atoms with E-state index in [2.05, 4.69) is 11.4 Å². The smallest absolute Gasteiger partial charge is 0.249 e. The Kier molecular flexibility index (Phi) is 4.15. The number of carbonyl (C=O) groups is 2. The van der Waals surface area contributed by atoms with Crippen molar-refractivity contribution < 1.29 is 9.59 Å². The SMILES string of the molecule is CC(=O)c1ccc(N[C@@H](C)C(=O)N2CCc3ccccc32)cc1. The quantitative estimate of drug-likeness (QED) is 0.882. The second-order valence-electron chi connectivity index (χ2n) is 5.87. The van der Waals surface area contributed by atoms with Gasteiger partial charge in [-0.1, -0.05) is 18.2 Å². The van der Waals surface area contributed by atoms with Crippen LogP contribution in [0, 0.1) is 0 Å². The van der Waals surface area contributed by atoms with E-state index in [1.807, 2.05) is 42.2 Å². The van der Waals surface area contributed by atoms with Crippen molar-refractivity contribution in [3.05, 3.63) is 59.7 Å². The molecule has 1 N–H and O–H groups in total. The second kappa shape index (κ2) is 6.24. The first-order valence-electron chi connectivity index (χ1n) is 7.83. The topological polar surface area (TPSA) is 49.4 Å². The van der Waals surface area contributed by atoms with E-state index in [4.69, 9.17) is 0 Å². The molecule has 1 atom stereocenters. The highest BCUT2D eigenvalue weighted by molar-refractivity contribution is 6.00. The lowest BCUT2D eigenvalue weighted by atomic mass is 10.1. The lowest BCUT2D eigenvalue weighted by Crippen LogP contribution is -2.40. The fourth-order valence-electron chi connectivity index (χ4n) is 2.91. The van der Waals surface area contributed by atoms with Gasteiger partial charge in [0.05, 0.1) is 0 Å². The van der Waals surface area contributed by atoms with Gasteiger partial charge in [0, 0.05) is 23.5 Å². The van der Waals surface area contributed by atoms with Crippen molar-refractivity contribution in [3.63, 3.8) is 0 Å². The summed E-state index contributed by atoms with van der Waals surface area (Å²) < 4.78 is 0. The number of hydrogen-bond acceptors (Lipinski definition) is 3. The molecule has 1 amide bonds. The maximum Gasteiger partial charge on any atom is 0.249 e. The summed E-state index contributed by atoms with van der Waals surface area (Å²) in [6, 6.07) is 14.9. The molecule has 4 heteroatoms. The zero-order chi connectivity index (χ0) is 16.4. The fourth-order valence-corrected chi connectivity index (χ4v) is 2.91. The van der Waals surface area contributed by atoms with Crippen LogP contribution in [0.4, 0.5) is 11.4 Å². The van der Waals surface area contributed by atoms with Crippen LogP contribution in [0.3, 0.4) is 0 Å². The van der Waals surface area contributed by atoms with Crippen LogP contribution in [-0.4, -0.2) is 24.3 Å². The van der Waals surface area contributed by atoms with Crippen LogP contribution >= 0.6 is 0 Å². The Labute approximate surface area is 136 Å². The Bertz CT molecular complexity index is 737. The largest absolute Gasteiger partial charge is 0.374 e. The van der Waals surface area contributed by atoms with Crippen LogP contribution in [0.25, 0.3) is 0 Å². The number of rotatable bonds is 4. The van der Waals surface area contributed by atoms with E-state index in [1.54, 1.807) is 19.1 Å². The van der Waals surface area contributed by atoms with Crippen LogP contribution in [0.2, 0.25) is 0 Å². The Balaban J connectivity index is 1.70. The summed E-state index contributed by atoms with van der Waals surface area (Å²) in [5, 5.41) is 3.21. The summed E-state index contributed by atoms with van der Waals surface area (Å²) in [6.07, 6.45) is 0.905. The number of hydrogen-bond donors (Lipinski definition) is 1. The van der Waals surface area contributed by atoms with E-state index in [-0.39, 0.29) is 17.7 Å². The molecule has 2 aromatic carbocycles. The molecule has 118 valence electrons. The van der Waals surface area contributed by atoms with E-state index >= 15 is 0 Å². The molecule has 0 aliphatic carbocycles. The second-order valence-corrected chi connectivity index (χ2v) is 5.87. The molecule has 1 heterocycles. The zero-order valence-corrected chi connectivity index (χ0v) is 13.4. The monoisotopic (exact) mass is 308 g/mol. The van der Waals surface area contributed by atoms with Crippen molar-refractivity contribution in [2.75, 3.05) is 16.8 Å². The molecule has 3 rings (SSSR count). The van der Waals surface area contributed by atoms with Crippen molar-refractivity contribution in [3.8, 4) is 0 Å². The summed E-state index contributed by atoms with van der Waals surface area (Å²) in [6.45, 7) is 4.13. The first kappa shape index (κ1) is 15.3. The van der Waals surface area contributed by atoms with Crippen LogP contribution < -0.4 is 10.2 Å². The molecule has 1 aliphatic heterocycles. The minimum Gasteiger partial charge on any atom is -0.374 e. The van der Waals surface area contributed by atoms with E-state index in [9.17, 15) is 9.59 Å². The first-order valence-corrected chi connectivity index (χ1v) is 7.83. The van der Waals surface area contributed by atoms with Gasteiger partial charge in [-0.15, -0.1) is 0 Å². The summed E-state index contributed by atoms with van der Waals surface area (Å²) >= 11 is 0. The molecule has 4 nitrogen and oxygen atoms in total. The van der Waals surface area contributed by atoms with E-state index in [0.717, 1.165) is 24.3 Å². The average Bonchev–Trinajstić information content (AvgIpc) is 2.98. The number of nitrogens with zero attached hydrogens (tertiary/aromatic N) is 1. The van der Waals surface area contributed by atoms with E-state index in [0.29, 0.717) is 5.56 Å². The van der Waals surface area contributed by atoms with Crippen molar-refractivity contribution >= 4 is 23.1 Å². The van der Waals surface area contributed by atoms with Crippen LogP contribution in [0.5, 0.6) is 0 Å². The molecule has 0 unspecified atom stereocenters. The molecule has 0 saturated carbocycles. The molecule has 0 aromatic heterocycles. The van der Waals surface area contributed by atoms with Gasteiger partial charge in [-0.25, -0.2) is 0 Å². The molecule has 23 heavy (non-hydrogen) atoms. The number of ketones is 1. The summed E-state index contributed by atoms with van der Waals surface area (Å²) in [4.78, 5) is 25.8. The molecule has 0 fully saturated rings. The molecule has 1 aliphatic rings. The third kappa shape index (κ3) is 3.11. The number of Topliss-reactive ketones (excluding diaryl/α,β-unsaturated/α-hetero) is 1. The third-order valence-corrected chi connectivity index (χ3v) is 4.20. The maximum atomic E-state index is 12.7. The lowest BCUT2D eigenvalue weighted by molar-refractivity contribution is -0.118. The molecule has 0 bridgehead atoms. The van der Waals surface area contributed by atoms with E-state index in [1.165, 1.54) is 5.56 Å². The number of amides is 1. The molecule has 0 spiro atoms. The Morgan fingerprint density at radius 3 is 2.48 bits per heavy atom. The Morgan fingerprint density at radius 2 is 1.78 bits per heavy atom. The van der Waals surface area contributed by atoms with Gasteiger partial charge in [0.2, 0.25) is 5.91 Å². The van der Waals surface area contributed by atoms with Crippen molar-refractivity contribution in [2.24, 2.45) is 0 Å². The highest BCUT2D eigenvalue weighted by Crippen LogP contribution is 2.28. The minimum absolute atomic E-state index is 0.0364. The van der Waals surface area contributed by atoms with Gasteiger partial charge in [-0.2, -0.15) is 0 Å². The van der Waals surface area contributed by atoms with Crippen LogP contribution in [0.1, 0.15) is 29.8 Å². The molecular formula is C19H20N2O2. The molecule has 0 saturated heterocycles. The van der Waals surface area contributed by atoms with Gasteiger partial charge in [-0.3, -0.25) is 9.59 Å². The Hall–Kier alpha value is -2.62. The number of anilines is 2. The summed E-state index contributed by atoms with van der Waals surface area (Å²) in [5.41, 5.74) is 3.74. The summed E-state index contributed by atoms with van der Waals surface area (Å²) in [5.74, 6) is 0.0972. The van der Waals surface area contributed by atoms with Crippen molar-refractivity contribution in [1.29, 1.82) is 0 Å². The van der Waals surface area contributed by atoms with Crippen LogP contribution in [-0.2, 0) is 11.2 Å². The number of nitrogens with one attached hydrogen (secondary N) is 1. The standard InChI is InChI=1S/C19H20N2O2/c1-13(20-17-9-7-15(8-10-17)14(2)22)19(23)21-12-11-16-5-3-4-6-18(16)21/h3-10,13,20H,11-12H2,1-2H3/t13-/m0/s1. The third-order valence-electron chi connectivity index (χ3n) is 4.20. The highest BCUT2D eigenvalue weighted by atomic mass is 16.2. The number of carbonyl (C=O) groups excluding carboxylic acids is 2. The first-order chi connectivity index (χ1) is 11.1. The zero-order valence-electron chi connectivity index (χ0n) is 13.4. The van der Waals surface area contributed by atoms with Gasteiger partial charge in [0.25, 0.3) is 0 Å². The lowest BCUT2D eigenvalue weighted by Gasteiger charge is -2.23. The van der Waals surface area contributed by atoms with Gasteiger partial charge >= 0.3 is 0 Å². The van der Waals surface area contributed by atoms with E-state index < -0.39 is 0 Å². The highest BCUT2D eigenvalue weighted by Gasteiger charge is 2.27. The number of para-hydroxylation sites is 1. The minimum atomic E-state index is -0.329. The van der Waals surface area contributed by atoms with Crippen LogP contribution in [0.15, 0.2) is 48.5 Å². The number of fused-ring (bicyclic) bond motifs is 1. The van der Waals surface area contributed by atoms with Crippen molar-refractivity contribution in [1.82, 2.24) is 0 Å². The maximum absolute atomic E-state index is 12.7. The van der Waals surface area contributed by atoms with Gasteiger partial charge < -0.3 is 10.2 Å². The van der Waals surface area contributed by atoms with Crippen molar-refractivity contribution in [2.45, 2.75) is 26.3 Å². The molecular weight excluding hydrogens is 288 g/mol. The summed E-state index contributed by atoms with van der Waals surface area (Å²) in [7, 11) is 0. The molecule has 0 radical (unpaired) electrons. The van der Waals surface area contributed by atoms with Gasteiger partial charge in [0.15, 0.2) is 5.78 Å². The number of benzene rings is 2. The molecule has 2 aromatic rings.